The largest absolute Gasteiger partial charge is 0.495 e. The van der Waals surface area contributed by atoms with Gasteiger partial charge in [0.15, 0.2) is 0 Å². The van der Waals surface area contributed by atoms with Gasteiger partial charge < -0.3 is 9.84 Å². The zero-order valence-corrected chi connectivity index (χ0v) is 7.85. The van der Waals surface area contributed by atoms with Crippen LogP contribution in [0.4, 0.5) is 0 Å². The monoisotopic (exact) mass is 186 g/mol. The van der Waals surface area contributed by atoms with Crippen molar-refractivity contribution in [1.29, 1.82) is 0 Å². The summed E-state index contributed by atoms with van der Waals surface area (Å²) in [7, 11) is 1.55. The fraction of sp³-hybridized carbons (Fsp3) is 0.333. The van der Waals surface area contributed by atoms with Crippen LogP contribution in [0.1, 0.15) is 11.1 Å². The summed E-state index contributed by atoms with van der Waals surface area (Å²) in [6, 6.07) is 3.66. The molecule has 1 N–H and O–H groups in total. The Morgan fingerprint density at radius 1 is 1.50 bits per heavy atom. The standard InChI is InChI=1S/C9H11ClO2/c1-6-3-4-8(12-2)9(10)7(6)5-11/h3-4,11H,5H2,1-2H3. The minimum absolute atomic E-state index is 0.0537. The van der Waals surface area contributed by atoms with Crippen molar-refractivity contribution in [3.63, 3.8) is 0 Å². The quantitative estimate of drug-likeness (QED) is 0.767. The van der Waals surface area contributed by atoms with Crippen LogP contribution in [0.25, 0.3) is 0 Å². The Morgan fingerprint density at radius 2 is 2.17 bits per heavy atom. The number of aryl methyl sites for hydroxylation is 1. The van der Waals surface area contributed by atoms with Gasteiger partial charge in [0.05, 0.1) is 18.7 Å². The zero-order chi connectivity index (χ0) is 9.14. The molecule has 0 heterocycles. The molecule has 0 unspecified atom stereocenters. The molecule has 0 radical (unpaired) electrons. The van der Waals surface area contributed by atoms with E-state index in [9.17, 15) is 0 Å². The molecule has 0 aliphatic rings. The van der Waals surface area contributed by atoms with Crippen LogP contribution >= 0.6 is 11.6 Å². The van der Waals surface area contributed by atoms with Gasteiger partial charge in [-0.25, -0.2) is 0 Å². The SMILES string of the molecule is COc1ccc(C)c(CO)c1Cl. The van der Waals surface area contributed by atoms with E-state index in [0.717, 1.165) is 11.1 Å². The van der Waals surface area contributed by atoms with Crippen molar-refractivity contribution in [3.05, 3.63) is 28.3 Å². The van der Waals surface area contributed by atoms with Gasteiger partial charge in [-0.1, -0.05) is 17.7 Å². The molecule has 3 heteroatoms. The summed E-state index contributed by atoms with van der Waals surface area (Å²) >= 11 is 5.93. The lowest BCUT2D eigenvalue weighted by Crippen LogP contribution is -1.93. The molecule has 0 fully saturated rings. The molecule has 66 valence electrons. The number of hydrogen-bond donors (Lipinski definition) is 1. The Hall–Kier alpha value is -0.730. The second-order valence-corrected chi connectivity index (χ2v) is 2.91. The Balaban J connectivity index is 3.24. The zero-order valence-electron chi connectivity index (χ0n) is 7.10. The maximum absolute atomic E-state index is 8.98. The number of halogens is 1. The first-order valence-corrected chi connectivity index (χ1v) is 4.01. The van der Waals surface area contributed by atoms with Gasteiger partial charge in [0.2, 0.25) is 0 Å². The van der Waals surface area contributed by atoms with Gasteiger partial charge in [-0.3, -0.25) is 0 Å². The summed E-state index contributed by atoms with van der Waals surface area (Å²) in [5.74, 6) is 0.603. The van der Waals surface area contributed by atoms with Gasteiger partial charge in [0, 0.05) is 5.56 Å². The number of ether oxygens (including phenoxy) is 1. The average molecular weight is 187 g/mol. The topological polar surface area (TPSA) is 29.5 Å². The average Bonchev–Trinajstić information content (AvgIpc) is 2.06. The third-order valence-electron chi connectivity index (χ3n) is 1.82. The van der Waals surface area contributed by atoms with E-state index < -0.39 is 0 Å². The number of hydrogen-bond acceptors (Lipinski definition) is 2. The summed E-state index contributed by atoms with van der Waals surface area (Å²) in [6.07, 6.45) is 0. The molecular weight excluding hydrogens is 176 g/mol. The molecule has 1 aromatic rings. The smallest absolute Gasteiger partial charge is 0.137 e. The van der Waals surface area contributed by atoms with Crippen molar-refractivity contribution in [1.82, 2.24) is 0 Å². The number of rotatable bonds is 2. The van der Waals surface area contributed by atoms with Gasteiger partial charge in [-0.15, -0.1) is 0 Å². The molecule has 0 amide bonds. The van der Waals surface area contributed by atoms with Gasteiger partial charge >= 0.3 is 0 Å². The molecule has 12 heavy (non-hydrogen) atoms. The van der Waals surface area contributed by atoms with Crippen molar-refractivity contribution < 1.29 is 9.84 Å². The minimum atomic E-state index is -0.0537. The van der Waals surface area contributed by atoms with Crippen LogP contribution in [0, 0.1) is 6.92 Å². The Bertz CT molecular complexity index is 284. The molecule has 1 aromatic carbocycles. The van der Waals surface area contributed by atoms with E-state index in [0.29, 0.717) is 10.8 Å². The molecule has 0 saturated heterocycles. The summed E-state index contributed by atoms with van der Waals surface area (Å²) in [5, 5.41) is 9.48. The maximum atomic E-state index is 8.98. The highest BCUT2D eigenvalue weighted by Gasteiger charge is 2.07. The normalized spacial score (nSPS) is 10.0. The van der Waals surface area contributed by atoms with Gasteiger partial charge in [-0.05, 0) is 18.6 Å². The molecule has 2 nitrogen and oxygen atoms in total. The summed E-state index contributed by atoms with van der Waals surface area (Å²) in [6.45, 7) is 1.85. The highest BCUT2D eigenvalue weighted by atomic mass is 35.5. The van der Waals surface area contributed by atoms with Crippen molar-refractivity contribution in [2.45, 2.75) is 13.5 Å². The maximum Gasteiger partial charge on any atom is 0.137 e. The molecule has 0 atom stereocenters. The molecule has 0 aliphatic heterocycles. The third-order valence-corrected chi connectivity index (χ3v) is 2.23. The van der Waals surface area contributed by atoms with E-state index in [1.165, 1.54) is 0 Å². The number of benzene rings is 1. The highest BCUT2D eigenvalue weighted by molar-refractivity contribution is 6.32. The van der Waals surface area contributed by atoms with E-state index in [1.807, 2.05) is 13.0 Å². The number of aliphatic hydroxyl groups excluding tert-OH is 1. The Morgan fingerprint density at radius 3 is 2.67 bits per heavy atom. The van der Waals surface area contributed by atoms with E-state index in [-0.39, 0.29) is 6.61 Å². The van der Waals surface area contributed by atoms with Crippen LogP contribution < -0.4 is 4.74 Å². The van der Waals surface area contributed by atoms with Gasteiger partial charge in [0.25, 0.3) is 0 Å². The molecule has 0 aliphatic carbocycles. The van der Waals surface area contributed by atoms with Crippen molar-refractivity contribution >= 4 is 11.6 Å². The Kier molecular flexibility index (Phi) is 2.95. The Labute approximate surface area is 76.7 Å². The summed E-state index contributed by atoms with van der Waals surface area (Å²) in [4.78, 5) is 0. The fourth-order valence-electron chi connectivity index (χ4n) is 1.05. The minimum Gasteiger partial charge on any atom is -0.495 e. The lowest BCUT2D eigenvalue weighted by atomic mass is 10.1. The number of methoxy groups -OCH3 is 1. The predicted octanol–water partition coefficient (Wildman–Crippen LogP) is 2.15. The number of aliphatic hydroxyl groups is 1. The predicted molar refractivity (Wildman–Crippen MR) is 48.7 cm³/mol. The van der Waals surface area contributed by atoms with Crippen LogP contribution in [0.15, 0.2) is 12.1 Å². The lowest BCUT2D eigenvalue weighted by Gasteiger charge is -2.08. The fourth-order valence-corrected chi connectivity index (χ4v) is 1.40. The van der Waals surface area contributed by atoms with E-state index in [1.54, 1.807) is 13.2 Å². The van der Waals surface area contributed by atoms with Crippen LogP contribution in [-0.2, 0) is 6.61 Å². The molecular formula is C9H11ClO2. The molecule has 1 rings (SSSR count). The van der Waals surface area contributed by atoms with Crippen molar-refractivity contribution in [2.75, 3.05) is 7.11 Å². The molecule has 0 aromatic heterocycles. The molecule has 0 saturated carbocycles. The first-order chi connectivity index (χ1) is 5.70. The summed E-state index contributed by atoms with van der Waals surface area (Å²) in [5.41, 5.74) is 1.71. The first kappa shape index (κ1) is 9.36. The van der Waals surface area contributed by atoms with Crippen LogP contribution in [0.3, 0.4) is 0 Å². The second-order valence-electron chi connectivity index (χ2n) is 2.54. The van der Waals surface area contributed by atoms with E-state index >= 15 is 0 Å². The van der Waals surface area contributed by atoms with Crippen molar-refractivity contribution in [2.24, 2.45) is 0 Å². The summed E-state index contributed by atoms with van der Waals surface area (Å²) < 4.78 is 5.00. The molecule has 0 bridgehead atoms. The third kappa shape index (κ3) is 1.54. The van der Waals surface area contributed by atoms with Gasteiger partial charge in [-0.2, -0.15) is 0 Å². The van der Waals surface area contributed by atoms with Crippen LogP contribution in [0.5, 0.6) is 5.75 Å². The first-order valence-electron chi connectivity index (χ1n) is 3.63. The van der Waals surface area contributed by atoms with Gasteiger partial charge in [0.1, 0.15) is 5.75 Å². The highest BCUT2D eigenvalue weighted by Crippen LogP contribution is 2.30. The van der Waals surface area contributed by atoms with E-state index in [4.69, 9.17) is 21.4 Å². The van der Waals surface area contributed by atoms with Crippen LogP contribution in [-0.4, -0.2) is 12.2 Å². The van der Waals surface area contributed by atoms with Crippen LogP contribution in [0.2, 0.25) is 5.02 Å². The van der Waals surface area contributed by atoms with Crippen molar-refractivity contribution in [3.8, 4) is 5.75 Å². The molecule has 0 spiro atoms. The lowest BCUT2D eigenvalue weighted by molar-refractivity contribution is 0.280. The second kappa shape index (κ2) is 3.78. The van der Waals surface area contributed by atoms with E-state index in [2.05, 4.69) is 0 Å².